The molecule has 1 fully saturated rings. The van der Waals surface area contributed by atoms with E-state index in [2.05, 4.69) is 22.5 Å². The Morgan fingerprint density at radius 2 is 2.05 bits per heavy atom. The topological polar surface area (TPSA) is 78.5 Å². The smallest absolute Gasteiger partial charge is 0.322 e. The van der Waals surface area contributed by atoms with Crippen LogP contribution >= 0.6 is 0 Å². The van der Waals surface area contributed by atoms with Gasteiger partial charge in [0.15, 0.2) is 5.78 Å². The molecule has 2 aliphatic rings. The minimum absolute atomic E-state index is 0.237. The lowest BCUT2D eigenvalue weighted by Gasteiger charge is -2.28. The van der Waals surface area contributed by atoms with Gasteiger partial charge in [-0.05, 0) is 25.2 Å². The summed E-state index contributed by atoms with van der Waals surface area (Å²) in [7, 11) is 0. The molecular formula is C16H25N3O3. The zero-order valence-corrected chi connectivity index (χ0v) is 13.2. The lowest BCUT2D eigenvalue weighted by Crippen LogP contribution is -2.46. The Bertz CT molecular complexity index is 469. The number of allylic oxidation sites excluding steroid dienone is 2. The minimum atomic E-state index is -0.553. The average molecular weight is 307 g/mol. The molecule has 2 N–H and O–H groups in total. The number of nitrogens with one attached hydrogen (secondary N) is 2. The van der Waals surface area contributed by atoms with Crippen molar-refractivity contribution in [3.8, 4) is 0 Å². The molecule has 0 radical (unpaired) electrons. The van der Waals surface area contributed by atoms with E-state index in [4.69, 9.17) is 0 Å². The number of imide groups is 1. The largest absolute Gasteiger partial charge is 0.357 e. The summed E-state index contributed by atoms with van der Waals surface area (Å²) in [6.07, 6.45) is 7.81. The van der Waals surface area contributed by atoms with E-state index in [9.17, 15) is 14.4 Å². The summed E-state index contributed by atoms with van der Waals surface area (Å²) >= 11 is 0. The molecule has 2 rings (SSSR count). The number of hydrogen-bond acceptors (Lipinski definition) is 4. The maximum atomic E-state index is 12.0. The molecule has 0 aromatic heterocycles. The number of urea groups is 1. The highest BCUT2D eigenvalue weighted by molar-refractivity contribution is 6.08. The van der Waals surface area contributed by atoms with Gasteiger partial charge in [0.25, 0.3) is 0 Å². The second kappa shape index (κ2) is 7.96. The van der Waals surface area contributed by atoms with Crippen LogP contribution in [-0.4, -0.2) is 35.8 Å². The van der Waals surface area contributed by atoms with Gasteiger partial charge in [0.2, 0.25) is 5.91 Å². The summed E-state index contributed by atoms with van der Waals surface area (Å²) in [4.78, 5) is 37.2. The van der Waals surface area contributed by atoms with Gasteiger partial charge in [-0.1, -0.05) is 26.2 Å². The van der Waals surface area contributed by atoms with Crippen molar-refractivity contribution in [2.24, 2.45) is 5.92 Å². The van der Waals surface area contributed by atoms with Crippen molar-refractivity contribution in [2.75, 3.05) is 13.2 Å². The van der Waals surface area contributed by atoms with Gasteiger partial charge in [-0.25, -0.2) is 4.79 Å². The molecule has 0 bridgehead atoms. The SMILES string of the molecule is CCCCN1CNC(=O)NC(=O)CC(=O)C=C1CCC1CC1. The fourth-order valence-corrected chi connectivity index (χ4v) is 2.53. The predicted molar refractivity (Wildman–Crippen MR) is 82.8 cm³/mol. The van der Waals surface area contributed by atoms with Crippen molar-refractivity contribution >= 4 is 17.7 Å². The first-order valence-corrected chi connectivity index (χ1v) is 8.14. The second-order valence-electron chi connectivity index (χ2n) is 6.09. The highest BCUT2D eigenvalue weighted by Gasteiger charge is 2.23. The Kier molecular flexibility index (Phi) is 5.98. The highest BCUT2D eigenvalue weighted by atomic mass is 16.2. The molecule has 0 saturated heterocycles. The lowest BCUT2D eigenvalue weighted by atomic mass is 10.1. The summed E-state index contributed by atoms with van der Waals surface area (Å²) in [6, 6.07) is -0.539. The molecule has 0 atom stereocenters. The van der Waals surface area contributed by atoms with Crippen molar-refractivity contribution in [1.29, 1.82) is 0 Å². The zero-order valence-electron chi connectivity index (χ0n) is 13.2. The maximum Gasteiger partial charge on any atom is 0.322 e. The molecule has 1 heterocycles. The highest BCUT2D eigenvalue weighted by Crippen LogP contribution is 2.35. The second-order valence-corrected chi connectivity index (χ2v) is 6.09. The van der Waals surface area contributed by atoms with E-state index in [1.807, 2.05) is 0 Å². The normalized spacial score (nSPS) is 20.3. The standard InChI is InChI=1S/C16H25N3O3/c1-2-3-8-19-11-17-16(22)18-15(21)10-14(20)9-13(19)7-6-12-4-5-12/h9,12H,2-8,10-11H2,1H3,(H2,17,18,21,22). The quantitative estimate of drug-likeness (QED) is 0.735. The molecule has 6 heteroatoms. The fraction of sp³-hybridized carbons (Fsp3) is 0.688. The Morgan fingerprint density at radius 3 is 2.73 bits per heavy atom. The maximum absolute atomic E-state index is 12.0. The average Bonchev–Trinajstić information content (AvgIpc) is 3.27. The molecule has 1 aliphatic heterocycles. The van der Waals surface area contributed by atoms with Gasteiger partial charge in [-0.2, -0.15) is 0 Å². The third kappa shape index (κ3) is 5.50. The molecule has 0 spiro atoms. The van der Waals surface area contributed by atoms with Crippen LogP contribution in [0.25, 0.3) is 0 Å². The van der Waals surface area contributed by atoms with Crippen molar-refractivity contribution in [1.82, 2.24) is 15.5 Å². The van der Waals surface area contributed by atoms with Crippen LogP contribution in [0.3, 0.4) is 0 Å². The molecule has 3 amide bonds. The van der Waals surface area contributed by atoms with Crippen LogP contribution in [0.15, 0.2) is 11.8 Å². The van der Waals surface area contributed by atoms with Crippen LogP contribution in [0.5, 0.6) is 0 Å². The molecule has 6 nitrogen and oxygen atoms in total. The van der Waals surface area contributed by atoms with Gasteiger partial charge >= 0.3 is 6.03 Å². The van der Waals surface area contributed by atoms with Crippen molar-refractivity contribution in [3.63, 3.8) is 0 Å². The molecule has 1 aliphatic carbocycles. The lowest BCUT2D eigenvalue weighted by molar-refractivity contribution is -0.125. The molecule has 22 heavy (non-hydrogen) atoms. The van der Waals surface area contributed by atoms with Crippen molar-refractivity contribution in [3.05, 3.63) is 11.8 Å². The van der Waals surface area contributed by atoms with Gasteiger partial charge in [-0.3, -0.25) is 14.9 Å². The molecule has 0 aromatic carbocycles. The van der Waals surface area contributed by atoms with E-state index < -0.39 is 11.9 Å². The summed E-state index contributed by atoms with van der Waals surface area (Å²) in [5, 5.41) is 4.86. The summed E-state index contributed by atoms with van der Waals surface area (Å²) in [5.74, 6) is -0.0147. The first-order valence-electron chi connectivity index (χ1n) is 8.14. The Labute approximate surface area is 131 Å². The first kappa shape index (κ1) is 16.5. The predicted octanol–water partition coefficient (Wildman–Crippen LogP) is 1.92. The van der Waals surface area contributed by atoms with Gasteiger partial charge in [0, 0.05) is 18.3 Å². The molecule has 122 valence electrons. The number of carbonyl (C=O) groups is 3. The van der Waals surface area contributed by atoms with E-state index in [0.29, 0.717) is 6.67 Å². The number of ketones is 1. The Morgan fingerprint density at radius 1 is 1.27 bits per heavy atom. The van der Waals surface area contributed by atoms with Crippen LogP contribution < -0.4 is 10.6 Å². The van der Waals surface area contributed by atoms with Gasteiger partial charge in [-0.15, -0.1) is 0 Å². The van der Waals surface area contributed by atoms with E-state index in [1.165, 1.54) is 12.8 Å². The summed E-state index contributed by atoms with van der Waals surface area (Å²) in [5.41, 5.74) is 0.945. The van der Waals surface area contributed by atoms with Crippen LogP contribution in [-0.2, 0) is 9.59 Å². The number of amides is 3. The molecule has 1 saturated carbocycles. The van der Waals surface area contributed by atoms with Crippen molar-refractivity contribution in [2.45, 2.75) is 51.9 Å². The summed E-state index contributed by atoms with van der Waals surface area (Å²) < 4.78 is 0. The fourth-order valence-electron chi connectivity index (χ4n) is 2.53. The number of nitrogens with zero attached hydrogens (tertiary/aromatic N) is 1. The minimum Gasteiger partial charge on any atom is -0.357 e. The van der Waals surface area contributed by atoms with Crippen LogP contribution in [0.4, 0.5) is 4.79 Å². The monoisotopic (exact) mass is 307 g/mol. The zero-order chi connectivity index (χ0) is 15.9. The van der Waals surface area contributed by atoms with Gasteiger partial charge < -0.3 is 10.2 Å². The first-order chi connectivity index (χ1) is 10.6. The van der Waals surface area contributed by atoms with E-state index >= 15 is 0 Å². The third-order valence-electron chi connectivity index (χ3n) is 4.04. The molecule has 0 aromatic rings. The van der Waals surface area contributed by atoms with E-state index in [0.717, 1.165) is 43.8 Å². The third-order valence-corrected chi connectivity index (χ3v) is 4.04. The van der Waals surface area contributed by atoms with Crippen LogP contribution in [0.1, 0.15) is 51.9 Å². The van der Waals surface area contributed by atoms with Gasteiger partial charge in [0.05, 0.1) is 13.1 Å². The number of unbranched alkanes of at least 4 members (excludes halogenated alkanes) is 1. The van der Waals surface area contributed by atoms with Gasteiger partial charge in [0.1, 0.15) is 0 Å². The van der Waals surface area contributed by atoms with Crippen LogP contribution in [0, 0.1) is 5.92 Å². The number of rotatable bonds is 6. The molecular weight excluding hydrogens is 282 g/mol. The Hall–Kier alpha value is -1.85. The molecule has 0 unspecified atom stereocenters. The van der Waals surface area contributed by atoms with E-state index in [1.54, 1.807) is 6.08 Å². The van der Waals surface area contributed by atoms with Crippen molar-refractivity contribution < 1.29 is 14.4 Å². The number of hydrogen-bond donors (Lipinski definition) is 2. The Balaban J connectivity index is 2.11. The van der Waals surface area contributed by atoms with E-state index in [-0.39, 0.29) is 12.2 Å². The number of carbonyl (C=O) groups excluding carboxylic acids is 3. The summed E-state index contributed by atoms with van der Waals surface area (Å²) in [6.45, 7) is 3.23. The van der Waals surface area contributed by atoms with Crippen LogP contribution in [0.2, 0.25) is 0 Å².